The summed E-state index contributed by atoms with van der Waals surface area (Å²) in [6.45, 7) is 1.23. The Morgan fingerprint density at radius 1 is 1.25 bits per heavy atom. The van der Waals surface area contributed by atoms with Crippen molar-refractivity contribution in [1.29, 1.82) is 0 Å². The molecule has 4 rings (SSSR count). The maximum absolute atomic E-state index is 13.1. The molecule has 9 nitrogen and oxygen atoms in total. The maximum atomic E-state index is 13.1. The van der Waals surface area contributed by atoms with Gasteiger partial charge in [-0.3, -0.25) is 9.59 Å². The van der Waals surface area contributed by atoms with E-state index in [1.165, 1.54) is 12.1 Å². The van der Waals surface area contributed by atoms with Gasteiger partial charge in [0, 0.05) is 36.7 Å². The van der Waals surface area contributed by atoms with Gasteiger partial charge in [-0.2, -0.15) is 4.31 Å². The van der Waals surface area contributed by atoms with Crippen LogP contribution in [0.25, 0.3) is 10.9 Å². The molecule has 2 aromatic rings. The number of nitrogens with one attached hydrogen (secondary N) is 2. The number of benzene rings is 1. The van der Waals surface area contributed by atoms with Crippen molar-refractivity contribution >= 4 is 44.3 Å². The number of carbonyl (C=O) groups excluding carboxylic acids is 2. The molecule has 28 heavy (non-hydrogen) atoms. The number of ether oxygens (including phenoxy) is 1. The van der Waals surface area contributed by atoms with E-state index < -0.39 is 22.0 Å². The van der Waals surface area contributed by atoms with Gasteiger partial charge in [0.2, 0.25) is 21.8 Å². The molecule has 2 N–H and O–H groups in total. The van der Waals surface area contributed by atoms with Crippen LogP contribution in [0.1, 0.15) is 0 Å². The first kappa shape index (κ1) is 19.2. The van der Waals surface area contributed by atoms with Crippen LogP contribution < -0.4 is 5.32 Å². The zero-order valence-electron chi connectivity index (χ0n) is 14.9. The van der Waals surface area contributed by atoms with Gasteiger partial charge in [-0.25, -0.2) is 8.42 Å². The maximum Gasteiger partial charge on any atom is 0.246 e. The third-order valence-corrected chi connectivity index (χ3v) is 7.02. The largest absolute Gasteiger partial charge is 0.378 e. The van der Waals surface area contributed by atoms with Crippen LogP contribution in [0, 0.1) is 0 Å². The van der Waals surface area contributed by atoms with Gasteiger partial charge in [0.1, 0.15) is 6.04 Å². The Bertz CT molecular complexity index is 1030. The number of rotatable bonds is 3. The van der Waals surface area contributed by atoms with Crippen molar-refractivity contribution < 1.29 is 22.7 Å². The number of aromatic amines is 1. The van der Waals surface area contributed by atoms with E-state index in [1.54, 1.807) is 17.2 Å². The fraction of sp³-hybridized carbons (Fsp3) is 0.412. The van der Waals surface area contributed by atoms with Gasteiger partial charge in [0.05, 0.1) is 29.7 Å². The molecular formula is C17H19ClN4O5S. The van der Waals surface area contributed by atoms with Crippen LogP contribution in [0.5, 0.6) is 0 Å². The molecule has 0 aliphatic carbocycles. The van der Waals surface area contributed by atoms with E-state index in [-0.39, 0.29) is 23.9 Å². The van der Waals surface area contributed by atoms with E-state index in [4.69, 9.17) is 16.3 Å². The Morgan fingerprint density at radius 2 is 2.00 bits per heavy atom. The molecule has 0 spiro atoms. The van der Waals surface area contributed by atoms with E-state index in [1.807, 2.05) is 0 Å². The van der Waals surface area contributed by atoms with Crippen LogP contribution in [0.4, 0.5) is 0 Å². The van der Waals surface area contributed by atoms with Crippen molar-refractivity contribution in [3.63, 3.8) is 0 Å². The second-order valence-corrected chi connectivity index (χ2v) is 9.04. The first-order valence-electron chi connectivity index (χ1n) is 8.79. The van der Waals surface area contributed by atoms with Gasteiger partial charge in [0.25, 0.3) is 0 Å². The summed E-state index contributed by atoms with van der Waals surface area (Å²) in [5.74, 6) is -0.811. The number of piperazine rings is 1. The van der Waals surface area contributed by atoms with E-state index in [9.17, 15) is 18.0 Å². The van der Waals surface area contributed by atoms with Crippen molar-refractivity contribution in [3.05, 3.63) is 29.4 Å². The molecular weight excluding hydrogens is 408 g/mol. The van der Waals surface area contributed by atoms with Crippen molar-refractivity contribution in [2.24, 2.45) is 0 Å². The monoisotopic (exact) mass is 426 g/mol. The number of amides is 2. The zero-order chi connectivity index (χ0) is 19.9. The van der Waals surface area contributed by atoms with Gasteiger partial charge in [-0.05, 0) is 18.2 Å². The Morgan fingerprint density at radius 3 is 2.75 bits per heavy atom. The molecule has 2 aliphatic rings. The Labute approximate surface area is 166 Å². The van der Waals surface area contributed by atoms with Crippen LogP contribution in [0.3, 0.4) is 0 Å². The quantitative estimate of drug-likeness (QED) is 0.726. The second kappa shape index (κ2) is 7.36. The number of morpholine rings is 1. The summed E-state index contributed by atoms with van der Waals surface area (Å²) >= 11 is 6.04. The topological polar surface area (TPSA) is 112 Å². The van der Waals surface area contributed by atoms with Crippen molar-refractivity contribution in [2.45, 2.75) is 10.9 Å². The molecule has 3 heterocycles. The van der Waals surface area contributed by atoms with Crippen molar-refractivity contribution in [2.75, 3.05) is 39.4 Å². The zero-order valence-corrected chi connectivity index (χ0v) is 16.4. The Balaban J connectivity index is 1.58. The summed E-state index contributed by atoms with van der Waals surface area (Å²) in [7, 11) is -3.96. The standard InChI is InChI=1S/C17H19ClN4O5S/c18-13-8-19-14-7-11(1-2-12(13)14)28(25,26)22-9-15(20-16(23)10-22)17(24)21-3-5-27-6-4-21/h1-2,7-8,15,19H,3-6,9-10H2,(H,20,23)/t15-/m0/s1. The Hall–Kier alpha value is -2.14. The van der Waals surface area contributed by atoms with Gasteiger partial charge < -0.3 is 19.9 Å². The third-order valence-electron chi connectivity index (χ3n) is 4.90. The smallest absolute Gasteiger partial charge is 0.246 e. The highest BCUT2D eigenvalue weighted by molar-refractivity contribution is 7.89. The van der Waals surface area contributed by atoms with Crippen LogP contribution in [0.2, 0.25) is 5.02 Å². The summed E-state index contributed by atoms with van der Waals surface area (Å²) in [5, 5.41) is 3.80. The predicted molar refractivity (Wildman–Crippen MR) is 101 cm³/mol. The summed E-state index contributed by atoms with van der Waals surface area (Å²) in [4.78, 5) is 29.4. The molecule has 1 aromatic heterocycles. The van der Waals surface area contributed by atoms with Crippen LogP contribution >= 0.6 is 11.6 Å². The fourth-order valence-electron chi connectivity index (χ4n) is 3.42. The minimum Gasteiger partial charge on any atom is -0.378 e. The molecule has 2 saturated heterocycles. The van der Waals surface area contributed by atoms with Gasteiger partial charge >= 0.3 is 0 Å². The van der Waals surface area contributed by atoms with E-state index in [0.717, 1.165) is 4.31 Å². The molecule has 2 fully saturated rings. The average molecular weight is 427 g/mol. The molecule has 150 valence electrons. The number of nitrogens with zero attached hydrogens (tertiary/aromatic N) is 2. The number of carbonyl (C=O) groups is 2. The number of sulfonamides is 1. The van der Waals surface area contributed by atoms with E-state index in [0.29, 0.717) is 42.2 Å². The van der Waals surface area contributed by atoms with Crippen molar-refractivity contribution in [3.8, 4) is 0 Å². The number of hydrogen-bond acceptors (Lipinski definition) is 5. The second-order valence-electron chi connectivity index (χ2n) is 6.70. The number of H-pyrrole nitrogens is 1. The van der Waals surface area contributed by atoms with E-state index >= 15 is 0 Å². The number of aromatic nitrogens is 1. The molecule has 0 radical (unpaired) electrons. The molecule has 2 amide bonds. The highest BCUT2D eigenvalue weighted by Gasteiger charge is 2.38. The van der Waals surface area contributed by atoms with Gasteiger partial charge in [0.15, 0.2) is 0 Å². The molecule has 0 saturated carbocycles. The molecule has 2 aliphatic heterocycles. The summed E-state index contributed by atoms with van der Waals surface area (Å²) in [5.41, 5.74) is 0.577. The summed E-state index contributed by atoms with van der Waals surface area (Å²) in [6.07, 6.45) is 1.58. The minimum absolute atomic E-state index is 0.0331. The highest BCUT2D eigenvalue weighted by atomic mass is 35.5. The average Bonchev–Trinajstić information content (AvgIpc) is 3.08. The predicted octanol–water partition coefficient (Wildman–Crippen LogP) is 0.169. The number of hydrogen-bond donors (Lipinski definition) is 2. The minimum atomic E-state index is -3.96. The lowest BCUT2D eigenvalue weighted by Gasteiger charge is -2.35. The first-order chi connectivity index (χ1) is 13.4. The summed E-state index contributed by atoms with van der Waals surface area (Å²) in [6, 6.07) is 3.62. The summed E-state index contributed by atoms with van der Waals surface area (Å²) < 4.78 is 32.4. The third kappa shape index (κ3) is 3.48. The van der Waals surface area contributed by atoms with Gasteiger partial charge in [-0.1, -0.05) is 11.6 Å². The number of halogens is 1. The lowest BCUT2D eigenvalue weighted by Crippen LogP contribution is -2.62. The molecule has 1 aromatic carbocycles. The molecule has 0 unspecified atom stereocenters. The molecule has 11 heteroatoms. The van der Waals surface area contributed by atoms with Gasteiger partial charge in [-0.15, -0.1) is 0 Å². The number of fused-ring (bicyclic) bond motifs is 1. The fourth-order valence-corrected chi connectivity index (χ4v) is 5.08. The SMILES string of the molecule is O=C1CN(S(=O)(=O)c2ccc3c(Cl)c[nH]c3c2)C[C@@H](C(=O)N2CCOCC2)N1. The highest BCUT2D eigenvalue weighted by Crippen LogP contribution is 2.27. The lowest BCUT2D eigenvalue weighted by molar-refractivity contribution is -0.141. The van der Waals surface area contributed by atoms with E-state index in [2.05, 4.69) is 10.3 Å². The first-order valence-corrected chi connectivity index (χ1v) is 10.6. The van der Waals surface area contributed by atoms with Crippen LogP contribution in [0.15, 0.2) is 29.3 Å². The van der Waals surface area contributed by atoms with Crippen LogP contribution in [-0.2, 0) is 24.3 Å². The van der Waals surface area contributed by atoms with Crippen molar-refractivity contribution in [1.82, 2.24) is 19.5 Å². The normalized spacial score (nSPS) is 21.7. The molecule has 0 bridgehead atoms. The van der Waals surface area contributed by atoms with Crippen LogP contribution in [-0.4, -0.2) is 79.9 Å². The lowest BCUT2D eigenvalue weighted by atomic mass is 10.2. The molecule has 1 atom stereocenters. The Kier molecular flexibility index (Phi) is 5.04.